The fraction of sp³-hybridized carbons (Fsp3) is 0.692. The first-order valence-corrected chi connectivity index (χ1v) is 6.41. The van der Waals surface area contributed by atoms with Crippen LogP contribution < -0.4 is 10.6 Å². The topological polar surface area (TPSA) is 49.8 Å². The summed E-state index contributed by atoms with van der Waals surface area (Å²) in [6, 6.07) is 0.538. The van der Waals surface area contributed by atoms with Crippen molar-refractivity contribution in [3.8, 4) is 0 Å². The summed E-state index contributed by atoms with van der Waals surface area (Å²) in [7, 11) is 0. The van der Waals surface area contributed by atoms with Gasteiger partial charge in [0, 0.05) is 12.6 Å². The molecule has 1 aliphatic carbocycles. The van der Waals surface area contributed by atoms with E-state index in [1.54, 1.807) is 12.4 Å². The van der Waals surface area contributed by atoms with E-state index in [9.17, 15) is 0 Å². The molecule has 0 aliphatic heterocycles. The lowest BCUT2D eigenvalue weighted by atomic mass is 9.92. The molecule has 1 fully saturated rings. The Balaban J connectivity index is 1.97. The van der Waals surface area contributed by atoms with Crippen LogP contribution >= 0.6 is 0 Å². The van der Waals surface area contributed by atoms with Gasteiger partial charge >= 0.3 is 0 Å². The van der Waals surface area contributed by atoms with Crippen molar-refractivity contribution in [3.05, 3.63) is 12.4 Å². The minimum absolute atomic E-state index is 0.463. The van der Waals surface area contributed by atoms with E-state index < -0.39 is 0 Å². The van der Waals surface area contributed by atoms with Crippen LogP contribution in [0.5, 0.6) is 0 Å². The van der Waals surface area contributed by atoms with Gasteiger partial charge in [-0.1, -0.05) is 13.8 Å². The summed E-state index contributed by atoms with van der Waals surface area (Å²) in [6.07, 6.45) is 7.27. The molecule has 1 aliphatic rings. The highest BCUT2D eigenvalue weighted by molar-refractivity contribution is 5.42. The first kappa shape index (κ1) is 12.1. The number of rotatable bonds is 4. The number of nitrogens with zero attached hydrogens (tertiary/aromatic N) is 2. The van der Waals surface area contributed by atoms with E-state index in [4.69, 9.17) is 0 Å². The summed E-state index contributed by atoms with van der Waals surface area (Å²) in [5.74, 6) is 1.72. The highest BCUT2D eigenvalue weighted by Gasteiger charge is 2.30. The van der Waals surface area contributed by atoms with Gasteiger partial charge < -0.3 is 10.6 Å². The lowest BCUT2D eigenvalue weighted by molar-refractivity contribution is 0.378. The molecule has 0 radical (unpaired) electrons. The first-order valence-electron chi connectivity index (χ1n) is 6.41. The smallest absolute Gasteiger partial charge is 0.147 e. The third-order valence-electron chi connectivity index (χ3n) is 3.31. The van der Waals surface area contributed by atoms with E-state index in [1.165, 1.54) is 19.3 Å². The van der Waals surface area contributed by atoms with Gasteiger partial charge in [-0.3, -0.25) is 4.98 Å². The van der Waals surface area contributed by atoms with Crippen LogP contribution in [-0.4, -0.2) is 22.6 Å². The van der Waals surface area contributed by atoms with E-state index in [0.717, 1.165) is 18.2 Å². The van der Waals surface area contributed by atoms with Gasteiger partial charge in [0.1, 0.15) is 11.6 Å². The van der Waals surface area contributed by atoms with Gasteiger partial charge in [-0.2, -0.15) is 0 Å². The fourth-order valence-electron chi connectivity index (χ4n) is 2.47. The number of hydrogen-bond donors (Lipinski definition) is 2. The number of anilines is 2. The van der Waals surface area contributed by atoms with Gasteiger partial charge in [0.2, 0.25) is 0 Å². The molecule has 0 saturated heterocycles. The molecule has 4 heteroatoms. The molecule has 94 valence electrons. The molecule has 1 unspecified atom stereocenters. The summed E-state index contributed by atoms with van der Waals surface area (Å²) in [4.78, 5) is 8.68. The quantitative estimate of drug-likeness (QED) is 0.841. The maximum absolute atomic E-state index is 4.49. The van der Waals surface area contributed by atoms with Crippen molar-refractivity contribution in [1.82, 2.24) is 9.97 Å². The van der Waals surface area contributed by atoms with E-state index >= 15 is 0 Å². The maximum Gasteiger partial charge on any atom is 0.147 e. The first-order chi connectivity index (χ1) is 8.09. The Morgan fingerprint density at radius 1 is 1.35 bits per heavy atom. The molecule has 2 rings (SSSR count). The molecule has 1 atom stereocenters. The molecule has 0 amide bonds. The highest BCUT2D eigenvalue weighted by Crippen LogP contribution is 2.38. The van der Waals surface area contributed by atoms with Gasteiger partial charge in [-0.15, -0.1) is 0 Å². The summed E-state index contributed by atoms with van der Waals surface area (Å²) in [5, 5.41) is 6.66. The Bertz CT molecular complexity index is 375. The van der Waals surface area contributed by atoms with Gasteiger partial charge in [0.15, 0.2) is 0 Å². The Kier molecular flexibility index (Phi) is 3.50. The SMILES string of the molecule is CCNc1cncc(NC2CCC(C)(C)C2)n1. The van der Waals surface area contributed by atoms with Gasteiger partial charge in [0.25, 0.3) is 0 Å². The summed E-state index contributed by atoms with van der Waals surface area (Å²) in [5.41, 5.74) is 0.463. The second-order valence-corrected chi connectivity index (χ2v) is 5.57. The van der Waals surface area contributed by atoms with Crippen LogP contribution in [0, 0.1) is 5.41 Å². The average Bonchev–Trinajstić information content (AvgIpc) is 2.59. The van der Waals surface area contributed by atoms with Crippen LogP contribution in [0.3, 0.4) is 0 Å². The molecule has 1 heterocycles. The van der Waals surface area contributed by atoms with Crippen LogP contribution in [0.25, 0.3) is 0 Å². The van der Waals surface area contributed by atoms with E-state index in [-0.39, 0.29) is 0 Å². The zero-order chi connectivity index (χ0) is 12.3. The molecule has 4 nitrogen and oxygen atoms in total. The second kappa shape index (κ2) is 4.90. The third kappa shape index (κ3) is 3.32. The Hall–Kier alpha value is -1.32. The van der Waals surface area contributed by atoms with Crippen molar-refractivity contribution in [3.63, 3.8) is 0 Å². The molecule has 0 spiro atoms. The van der Waals surface area contributed by atoms with Crippen molar-refractivity contribution in [2.24, 2.45) is 5.41 Å². The Labute approximate surface area is 103 Å². The molecule has 2 N–H and O–H groups in total. The molecular formula is C13H22N4. The lowest BCUT2D eigenvalue weighted by Gasteiger charge is -2.18. The zero-order valence-electron chi connectivity index (χ0n) is 11.0. The number of hydrogen-bond acceptors (Lipinski definition) is 4. The lowest BCUT2D eigenvalue weighted by Crippen LogP contribution is -2.18. The summed E-state index contributed by atoms with van der Waals surface area (Å²) < 4.78 is 0. The van der Waals surface area contributed by atoms with Crippen LogP contribution in [0.2, 0.25) is 0 Å². The van der Waals surface area contributed by atoms with Crippen molar-refractivity contribution in [1.29, 1.82) is 0 Å². The predicted molar refractivity (Wildman–Crippen MR) is 71.2 cm³/mol. The standard InChI is InChI=1S/C13H22N4/c1-4-15-11-8-14-9-12(17-11)16-10-5-6-13(2,3)7-10/h8-10H,4-7H2,1-3H3,(H2,15,16,17). The predicted octanol–water partition coefficient (Wildman–Crippen LogP) is 2.90. The van der Waals surface area contributed by atoms with Crippen molar-refractivity contribution in [2.75, 3.05) is 17.2 Å². The normalized spacial score (nSPS) is 22.4. The maximum atomic E-state index is 4.49. The van der Waals surface area contributed by atoms with Gasteiger partial charge in [-0.05, 0) is 31.6 Å². The number of aromatic nitrogens is 2. The molecule has 1 saturated carbocycles. The minimum atomic E-state index is 0.463. The summed E-state index contributed by atoms with van der Waals surface area (Å²) in [6.45, 7) is 7.58. The molecule has 0 bridgehead atoms. The van der Waals surface area contributed by atoms with Gasteiger partial charge in [0.05, 0.1) is 12.4 Å². The molecule has 0 aromatic carbocycles. The van der Waals surface area contributed by atoms with E-state index in [1.807, 2.05) is 0 Å². The van der Waals surface area contributed by atoms with Crippen LogP contribution in [0.4, 0.5) is 11.6 Å². The Morgan fingerprint density at radius 3 is 2.76 bits per heavy atom. The van der Waals surface area contributed by atoms with E-state index in [2.05, 4.69) is 41.4 Å². The number of nitrogens with one attached hydrogen (secondary N) is 2. The zero-order valence-corrected chi connectivity index (χ0v) is 11.0. The largest absolute Gasteiger partial charge is 0.369 e. The van der Waals surface area contributed by atoms with Crippen molar-refractivity contribution in [2.45, 2.75) is 46.1 Å². The monoisotopic (exact) mass is 234 g/mol. The molecule has 17 heavy (non-hydrogen) atoms. The second-order valence-electron chi connectivity index (χ2n) is 5.57. The minimum Gasteiger partial charge on any atom is -0.369 e. The average molecular weight is 234 g/mol. The molecule has 1 aromatic heterocycles. The van der Waals surface area contributed by atoms with Crippen LogP contribution in [-0.2, 0) is 0 Å². The van der Waals surface area contributed by atoms with Crippen molar-refractivity contribution >= 4 is 11.6 Å². The molecular weight excluding hydrogens is 212 g/mol. The van der Waals surface area contributed by atoms with Crippen molar-refractivity contribution < 1.29 is 0 Å². The fourth-order valence-corrected chi connectivity index (χ4v) is 2.47. The Morgan fingerprint density at radius 2 is 2.12 bits per heavy atom. The van der Waals surface area contributed by atoms with Gasteiger partial charge in [-0.25, -0.2) is 4.98 Å². The van der Waals surface area contributed by atoms with Crippen LogP contribution in [0.1, 0.15) is 40.0 Å². The van der Waals surface area contributed by atoms with E-state index in [0.29, 0.717) is 11.5 Å². The molecule has 1 aromatic rings. The summed E-state index contributed by atoms with van der Waals surface area (Å²) >= 11 is 0. The van der Waals surface area contributed by atoms with Crippen LogP contribution in [0.15, 0.2) is 12.4 Å². The third-order valence-corrected chi connectivity index (χ3v) is 3.31. The highest BCUT2D eigenvalue weighted by atomic mass is 15.1.